The zero-order chi connectivity index (χ0) is 13.1. The lowest BCUT2D eigenvalue weighted by Crippen LogP contribution is -2.22. The van der Waals surface area contributed by atoms with E-state index in [1.807, 2.05) is 6.92 Å². The van der Waals surface area contributed by atoms with Crippen molar-refractivity contribution in [2.24, 2.45) is 0 Å². The van der Waals surface area contributed by atoms with Crippen LogP contribution < -0.4 is 11.1 Å². The Kier molecular flexibility index (Phi) is 3.84. The van der Waals surface area contributed by atoms with Crippen LogP contribution in [0.15, 0.2) is 24.4 Å². The van der Waals surface area contributed by atoms with Gasteiger partial charge in [-0.1, -0.05) is 11.6 Å². The molecule has 0 fully saturated rings. The third-order valence-corrected chi connectivity index (χ3v) is 3.38. The molecule has 2 rings (SSSR count). The van der Waals surface area contributed by atoms with Gasteiger partial charge in [0.25, 0.3) is 5.91 Å². The highest BCUT2D eigenvalue weighted by molar-refractivity contribution is 7.11. The Hall–Kier alpha value is -1.59. The number of hydrogen-bond acceptors (Lipinski definition) is 4. The number of nitrogens with two attached hydrogens (primary N) is 1. The second kappa shape index (κ2) is 5.37. The van der Waals surface area contributed by atoms with Gasteiger partial charge in [-0.3, -0.25) is 4.79 Å². The molecule has 0 radical (unpaired) electrons. The number of hydrogen-bond donors (Lipinski definition) is 2. The summed E-state index contributed by atoms with van der Waals surface area (Å²) >= 11 is 7.40. The Balaban J connectivity index is 2.03. The van der Waals surface area contributed by atoms with Crippen LogP contribution in [0.1, 0.15) is 20.2 Å². The third-order valence-electron chi connectivity index (χ3n) is 2.25. The molecule has 0 saturated heterocycles. The zero-order valence-corrected chi connectivity index (χ0v) is 11.3. The van der Waals surface area contributed by atoms with Crippen LogP contribution in [-0.4, -0.2) is 10.9 Å². The molecule has 94 valence electrons. The predicted octanol–water partition coefficient (Wildman–Crippen LogP) is 2.62. The van der Waals surface area contributed by atoms with Gasteiger partial charge < -0.3 is 11.1 Å². The van der Waals surface area contributed by atoms with Gasteiger partial charge in [0.1, 0.15) is 5.01 Å². The molecular weight excluding hydrogens is 270 g/mol. The summed E-state index contributed by atoms with van der Waals surface area (Å²) in [6, 6.07) is 4.77. The maximum atomic E-state index is 11.9. The summed E-state index contributed by atoms with van der Waals surface area (Å²) in [4.78, 5) is 17.2. The Labute approximate surface area is 114 Å². The third kappa shape index (κ3) is 3.21. The normalized spacial score (nSPS) is 10.3. The van der Waals surface area contributed by atoms with Crippen LogP contribution in [0, 0.1) is 6.92 Å². The Morgan fingerprint density at radius 3 is 2.89 bits per heavy atom. The Morgan fingerprint density at radius 1 is 1.50 bits per heavy atom. The summed E-state index contributed by atoms with van der Waals surface area (Å²) in [5.74, 6) is -0.211. The van der Waals surface area contributed by atoms with Crippen molar-refractivity contribution in [3.05, 3.63) is 44.9 Å². The maximum Gasteiger partial charge on any atom is 0.251 e. The van der Waals surface area contributed by atoms with Crippen molar-refractivity contribution in [3.8, 4) is 0 Å². The van der Waals surface area contributed by atoms with E-state index in [9.17, 15) is 4.79 Å². The number of nitrogen functional groups attached to an aromatic ring is 1. The summed E-state index contributed by atoms with van der Waals surface area (Å²) < 4.78 is 0. The molecule has 0 saturated carbocycles. The molecule has 3 N–H and O–H groups in total. The number of nitrogens with zero attached hydrogens (tertiary/aromatic N) is 1. The van der Waals surface area contributed by atoms with Crippen LogP contribution in [0.5, 0.6) is 0 Å². The Morgan fingerprint density at radius 2 is 2.28 bits per heavy atom. The lowest BCUT2D eigenvalue weighted by atomic mass is 10.2. The predicted molar refractivity (Wildman–Crippen MR) is 73.9 cm³/mol. The largest absolute Gasteiger partial charge is 0.399 e. The lowest BCUT2D eigenvalue weighted by molar-refractivity contribution is 0.0951. The first-order valence-corrected chi connectivity index (χ1v) is 6.49. The molecule has 6 heteroatoms. The fraction of sp³-hybridized carbons (Fsp3) is 0.167. The number of anilines is 1. The van der Waals surface area contributed by atoms with Gasteiger partial charge >= 0.3 is 0 Å². The van der Waals surface area contributed by atoms with Crippen molar-refractivity contribution in [1.82, 2.24) is 10.3 Å². The van der Waals surface area contributed by atoms with Gasteiger partial charge in [-0.2, -0.15) is 0 Å². The molecule has 0 atom stereocenters. The van der Waals surface area contributed by atoms with E-state index in [0.29, 0.717) is 22.8 Å². The fourth-order valence-corrected chi connectivity index (χ4v) is 2.45. The van der Waals surface area contributed by atoms with Gasteiger partial charge in [0, 0.05) is 27.3 Å². The molecule has 0 aliphatic heterocycles. The molecule has 1 amide bonds. The first-order chi connectivity index (χ1) is 8.54. The van der Waals surface area contributed by atoms with Crippen molar-refractivity contribution in [3.63, 3.8) is 0 Å². The highest BCUT2D eigenvalue weighted by Gasteiger charge is 2.08. The van der Waals surface area contributed by atoms with Crippen molar-refractivity contribution < 1.29 is 4.79 Å². The molecule has 1 aromatic heterocycles. The quantitative estimate of drug-likeness (QED) is 0.850. The second-order valence-corrected chi connectivity index (χ2v) is 5.58. The number of carbonyl (C=O) groups excluding carboxylic acids is 1. The number of thiazole rings is 1. The van der Waals surface area contributed by atoms with E-state index >= 15 is 0 Å². The van der Waals surface area contributed by atoms with Crippen LogP contribution in [0.25, 0.3) is 0 Å². The van der Waals surface area contributed by atoms with Crippen LogP contribution in [0.4, 0.5) is 5.69 Å². The molecule has 1 aromatic carbocycles. The first-order valence-electron chi connectivity index (χ1n) is 5.30. The van der Waals surface area contributed by atoms with E-state index in [1.165, 1.54) is 0 Å². The standard InChI is InChI=1S/C12H12ClN3OS/c1-7-5-15-11(18-7)6-16-12(17)8-2-9(13)4-10(14)3-8/h2-5H,6,14H2,1H3,(H,16,17). The smallest absolute Gasteiger partial charge is 0.251 e. The summed E-state index contributed by atoms with van der Waals surface area (Å²) in [7, 11) is 0. The van der Waals surface area contributed by atoms with Gasteiger partial charge in [-0.15, -0.1) is 11.3 Å². The van der Waals surface area contributed by atoms with Crippen LogP contribution in [0.3, 0.4) is 0 Å². The molecular formula is C12H12ClN3OS. The lowest BCUT2D eigenvalue weighted by Gasteiger charge is -2.04. The molecule has 0 unspecified atom stereocenters. The number of halogens is 1. The number of aromatic nitrogens is 1. The first kappa shape index (κ1) is 12.9. The highest BCUT2D eigenvalue weighted by Crippen LogP contribution is 2.17. The molecule has 0 aliphatic carbocycles. The molecule has 0 aliphatic rings. The number of rotatable bonds is 3. The van der Waals surface area contributed by atoms with E-state index in [4.69, 9.17) is 17.3 Å². The van der Waals surface area contributed by atoms with Gasteiger partial charge in [-0.25, -0.2) is 4.98 Å². The zero-order valence-electron chi connectivity index (χ0n) is 9.74. The molecule has 4 nitrogen and oxygen atoms in total. The second-order valence-electron chi connectivity index (χ2n) is 3.82. The van der Waals surface area contributed by atoms with Gasteiger partial charge in [0.05, 0.1) is 6.54 Å². The molecule has 1 heterocycles. The average molecular weight is 282 g/mol. The van der Waals surface area contributed by atoms with Crippen molar-refractivity contribution in [2.75, 3.05) is 5.73 Å². The van der Waals surface area contributed by atoms with E-state index in [1.54, 1.807) is 35.7 Å². The number of carbonyl (C=O) groups is 1. The van der Waals surface area contributed by atoms with E-state index in [2.05, 4.69) is 10.3 Å². The van der Waals surface area contributed by atoms with Crippen LogP contribution in [-0.2, 0) is 6.54 Å². The monoisotopic (exact) mass is 281 g/mol. The van der Waals surface area contributed by atoms with E-state index in [-0.39, 0.29) is 5.91 Å². The molecule has 2 aromatic rings. The van der Waals surface area contributed by atoms with Gasteiger partial charge in [0.15, 0.2) is 0 Å². The number of aryl methyl sites for hydroxylation is 1. The molecule has 0 bridgehead atoms. The fourth-order valence-electron chi connectivity index (χ4n) is 1.48. The molecule has 18 heavy (non-hydrogen) atoms. The highest BCUT2D eigenvalue weighted by atomic mass is 35.5. The van der Waals surface area contributed by atoms with Crippen LogP contribution in [0.2, 0.25) is 5.02 Å². The average Bonchev–Trinajstić information content (AvgIpc) is 2.70. The van der Waals surface area contributed by atoms with Gasteiger partial charge in [0.2, 0.25) is 0 Å². The minimum absolute atomic E-state index is 0.211. The van der Waals surface area contributed by atoms with Crippen molar-refractivity contribution in [2.45, 2.75) is 13.5 Å². The summed E-state index contributed by atoms with van der Waals surface area (Å²) in [5.41, 5.74) is 6.56. The SMILES string of the molecule is Cc1cnc(CNC(=O)c2cc(N)cc(Cl)c2)s1. The molecule has 0 spiro atoms. The maximum absolute atomic E-state index is 11.9. The number of nitrogens with one attached hydrogen (secondary N) is 1. The minimum atomic E-state index is -0.211. The van der Waals surface area contributed by atoms with Crippen LogP contribution >= 0.6 is 22.9 Å². The Bertz CT molecular complexity index is 562. The topological polar surface area (TPSA) is 68.0 Å². The summed E-state index contributed by atoms with van der Waals surface area (Å²) in [6.45, 7) is 2.38. The minimum Gasteiger partial charge on any atom is -0.399 e. The summed E-state index contributed by atoms with van der Waals surface area (Å²) in [5, 5.41) is 4.10. The van der Waals surface area contributed by atoms with E-state index < -0.39 is 0 Å². The van der Waals surface area contributed by atoms with E-state index in [0.717, 1.165) is 9.88 Å². The number of benzene rings is 1. The summed E-state index contributed by atoms with van der Waals surface area (Å²) in [6.07, 6.45) is 1.78. The number of amides is 1. The van der Waals surface area contributed by atoms with Gasteiger partial charge in [-0.05, 0) is 25.1 Å². The van der Waals surface area contributed by atoms with Crippen molar-refractivity contribution in [1.29, 1.82) is 0 Å². The van der Waals surface area contributed by atoms with Crippen molar-refractivity contribution >= 4 is 34.5 Å².